The number of carbonyl (C=O) groups excluding carboxylic acids is 1. The first-order chi connectivity index (χ1) is 14.4. The largest absolute Gasteiger partial charge is 0.493 e. The monoisotopic (exact) mass is 417 g/mol. The zero-order chi connectivity index (χ0) is 21.8. The minimum atomic E-state index is -1.02. The highest BCUT2D eigenvalue weighted by Crippen LogP contribution is 2.38. The van der Waals surface area contributed by atoms with Crippen LogP contribution in [0.3, 0.4) is 0 Å². The van der Waals surface area contributed by atoms with E-state index in [1.165, 1.54) is 21.3 Å². The lowest BCUT2D eigenvalue weighted by atomic mass is 10.1. The first-order valence-electron chi connectivity index (χ1n) is 9.44. The van der Waals surface area contributed by atoms with Crippen LogP contribution in [-0.2, 0) is 13.0 Å². The Morgan fingerprint density at radius 3 is 2.30 bits per heavy atom. The van der Waals surface area contributed by atoms with E-state index in [-0.39, 0.29) is 16.9 Å². The van der Waals surface area contributed by atoms with Crippen LogP contribution in [0.15, 0.2) is 12.1 Å². The molecule has 2 heterocycles. The highest BCUT2D eigenvalue weighted by atomic mass is 19.1. The number of fused-ring (bicyclic) bond motifs is 1. The Hall–Kier alpha value is -3.43. The molecule has 0 atom stereocenters. The Bertz CT molecular complexity index is 1060. The number of amides is 1. The lowest BCUT2D eigenvalue weighted by Crippen LogP contribution is -2.15. The number of aryl methyl sites for hydroxylation is 1. The van der Waals surface area contributed by atoms with Crippen LogP contribution in [-0.4, -0.2) is 46.8 Å². The quantitative estimate of drug-likeness (QED) is 0.532. The number of unbranched alkanes of at least 4 members (excludes halogenated alkanes) is 1. The number of aromatic nitrogens is 4. The van der Waals surface area contributed by atoms with Crippen LogP contribution in [0.4, 0.5) is 4.39 Å². The molecule has 0 bridgehead atoms. The molecule has 9 nitrogen and oxygen atoms in total. The molecule has 0 unspecified atom stereocenters. The maximum atomic E-state index is 14.0. The highest BCUT2D eigenvalue weighted by Gasteiger charge is 2.22. The van der Waals surface area contributed by atoms with Gasteiger partial charge in [-0.2, -0.15) is 14.4 Å². The second-order valence-corrected chi connectivity index (χ2v) is 6.62. The molecule has 10 heteroatoms. The number of benzene rings is 1. The molecule has 1 aromatic carbocycles. The second-order valence-electron chi connectivity index (χ2n) is 6.62. The van der Waals surface area contributed by atoms with Crippen molar-refractivity contribution in [3.05, 3.63) is 35.3 Å². The van der Waals surface area contributed by atoms with E-state index in [0.717, 1.165) is 18.4 Å². The number of hydrogen-bond acceptors (Lipinski definition) is 7. The van der Waals surface area contributed by atoms with Crippen molar-refractivity contribution in [3.8, 4) is 17.2 Å². The summed E-state index contributed by atoms with van der Waals surface area (Å²) in [6.07, 6.45) is 1.08. The first kappa shape index (κ1) is 21.3. The number of carbonyl (C=O) groups is 1. The fraction of sp³-hybridized carbons (Fsp3) is 0.400. The average Bonchev–Trinajstić information content (AvgIpc) is 3.07. The number of primary amides is 1. The van der Waals surface area contributed by atoms with Gasteiger partial charge in [-0.05, 0) is 24.1 Å². The van der Waals surface area contributed by atoms with Gasteiger partial charge in [-0.15, -0.1) is 0 Å². The van der Waals surface area contributed by atoms with Gasteiger partial charge < -0.3 is 24.5 Å². The fourth-order valence-electron chi connectivity index (χ4n) is 3.30. The second kappa shape index (κ2) is 8.93. The molecule has 2 aromatic heterocycles. The summed E-state index contributed by atoms with van der Waals surface area (Å²) >= 11 is 0. The van der Waals surface area contributed by atoms with Crippen LogP contribution in [0.25, 0.3) is 11.2 Å². The minimum absolute atomic E-state index is 0.183. The third kappa shape index (κ3) is 3.98. The van der Waals surface area contributed by atoms with Gasteiger partial charge in [0.15, 0.2) is 22.8 Å². The van der Waals surface area contributed by atoms with Crippen molar-refractivity contribution in [2.75, 3.05) is 21.3 Å². The van der Waals surface area contributed by atoms with Crippen molar-refractivity contribution < 1.29 is 23.4 Å². The maximum Gasteiger partial charge on any atom is 0.311 e. The predicted octanol–water partition coefficient (Wildman–Crippen LogP) is 2.48. The van der Waals surface area contributed by atoms with Gasteiger partial charge in [0, 0.05) is 13.0 Å². The lowest BCUT2D eigenvalue weighted by Gasteiger charge is -2.14. The molecular formula is C20H24FN5O4. The van der Waals surface area contributed by atoms with Gasteiger partial charge >= 0.3 is 6.08 Å². The van der Waals surface area contributed by atoms with Crippen molar-refractivity contribution in [3.63, 3.8) is 0 Å². The minimum Gasteiger partial charge on any atom is -0.493 e. The van der Waals surface area contributed by atoms with E-state index >= 15 is 0 Å². The van der Waals surface area contributed by atoms with Crippen molar-refractivity contribution in [2.24, 2.45) is 5.73 Å². The van der Waals surface area contributed by atoms with Gasteiger partial charge in [0.2, 0.25) is 5.75 Å². The van der Waals surface area contributed by atoms with Crippen LogP contribution < -0.4 is 19.9 Å². The molecular weight excluding hydrogens is 393 g/mol. The van der Waals surface area contributed by atoms with Gasteiger partial charge in [-0.1, -0.05) is 13.3 Å². The van der Waals surface area contributed by atoms with Gasteiger partial charge in [0.25, 0.3) is 5.91 Å². The number of ether oxygens (including phenoxy) is 3. The SMILES string of the molecule is CCCCn1c(Cc2cc(OC)c(OC)c(OC)c2)nc2c(C(N)=O)nc(F)nc21. The summed E-state index contributed by atoms with van der Waals surface area (Å²) in [4.78, 5) is 23.7. The standard InChI is InChI=1S/C20H24FN5O4/c1-5-6-7-26-14(23-16-15(18(22)27)24-20(21)25-19(16)26)10-11-8-12(28-2)17(30-4)13(9-11)29-3/h8-9H,5-7,10H2,1-4H3,(H2,22,27). The van der Waals surface area contributed by atoms with Crippen molar-refractivity contribution in [1.82, 2.24) is 19.5 Å². The smallest absolute Gasteiger partial charge is 0.311 e. The summed E-state index contributed by atoms with van der Waals surface area (Å²) in [6.45, 7) is 2.60. The average molecular weight is 417 g/mol. The summed E-state index contributed by atoms with van der Waals surface area (Å²) in [6, 6.07) is 3.62. The Morgan fingerprint density at radius 1 is 1.10 bits per heavy atom. The van der Waals surface area contributed by atoms with Gasteiger partial charge in [-0.25, -0.2) is 4.98 Å². The molecule has 30 heavy (non-hydrogen) atoms. The van der Waals surface area contributed by atoms with E-state index in [1.54, 1.807) is 4.57 Å². The normalized spacial score (nSPS) is 11.0. The molecule has 3 rings (SSSR count). The van der Waals surface area contributed by atoms with E-state index in [1.807, 2.05) is 19.1 Å². The van der Waals surface area contributed by atoms with Crippen LogP contribution in [0.5, 0.6) is 17.2 Å². The molecule has 0 fully saturated rings. The third-order valence-electron chi connectivity index (χ3n) is 4.70. The number of hydrogen-bond donors (Lipinski definition) is 1. The molecule has 0 saturated heterocycles. The maximum absolute atomic E-state index is 14.0. The van der Waals surface area contributed by atoms with Crippen LogP contribution in [0.2, 0.25) is 0 Å². The predicted molar refractivity (Wildman–Crippen MR) is 108 cm³/mol. The summed E-state index contributed by atoms with van der Waals surface area (Å²) in [5.41, 5.74) is 6.39. The molecule has 0 aliphatic heterocycles. The van der Waals surface area contributed by atoms with Crippen molar-refractivity contribution in [1.29, 1.82) is 0 Å². The Kier molecular flexibility index (Phi) is 6.34. The number of nitrogens with zero attached hydrogens (tertiary/aromatic N) is 4. The fourth-order valence-corrected chi connectivity index (χ4v) is 3.30. The van der Waals surface area contributed by atoms with Gasteiger partial charge in [0.05, 0.1) is 21.3 Å². The summed E-state index contributed by atoms with van der Waals surface area (Å²) in [5, 5.41) is 0. The summed E-state index contributed by atoms with van der Waals surface area (Å²) < 4.78 is 31.9. The van der Waals surface area contributed by atoms with E-state index in [2.05, 4.69) is 15.0 Å². The van der Waals surface area contributed by atoms with E-state index in [9.17, 15) is 9.18 Å². The highest BCUT2D eigenvalue weighted by molar-refractivity contribution is 6.01. The lowest BCUT2D eigenvalue weighted by molar-refractivity contribution is 0.0995. The van der Waals surface area contributed by atoms with Crippen LogP contribution in [0, 0.1) is 6.08 Å². The Labute approximate surface area is 173 Å². The molecule has 0 spiro atoms. The molecule has 3 aromatic rings. The molecule has 160 valence electrons. The molecule has 1 amide bonds. The van der Waals surface area contributed by atoms with E-state index in [0.29, 0.717) is 36.0 Å². The third-order valence-corrected chi connectivity index (χ3v) is 4.70. The molecule has 2 N–H and O–H groups in total. The number of methoxy groups -OCH3 is 3. The molecule has 0 aliphatic rings. The zero-order valence-corrected chi connectivity index (χ0v) is 17.4. The summed E-state index contributed by atoms with van der Waals surface area (Å²) in [5.74, 6) is 1.22. The molecule has 0 radical (unpaired) electrons. The molecule has 0 aliphatic carbocycles. The van der Waals surface area contributed by atoms with Gasteiger partial charge in [-0.3, -0.25) is 4.79 Å². The van der Waals surface area contributed by atoms with Crippen molar-refractivity contribution >= 4 is 17.1 Å². The zero-order valence-electron chi connectivity index (χ0n) is 17.4. The van der Waals surface area contributed by atoms with Crippen LogP contribution >= 0.6 is 0 Å². The van der Waals surface area contributed by atoms with E-state index in [4.69, 9.17) is 19.9 Å². The van der Waals surface area contributed by atoms with Crippen LogP contribution in [0.1, 0.15) is 41.6 Å². The molecule has 0 saturated carbocycles. The number of imidazole rings is 1. The first-order valence-corrected chi connectivity index (χ1v) is 9.44. The number of nitrogens with two attached hydrogens (primary N) is 1. The topological polar surface area (TPSA) is 114 Å². The summed E-state index contributed by atoms with van der Waals surface area (Å²) in [7, 11) is 4.60. The number of rotatable bonds is 9. The Balaban J connectivity index is 2.16. The Morgan fingerprint density at radius 2 is 1.77 bits per heavy atom. The van der Waals surface area contributed by atoms with Crippen molar-refractivity contribution in [2.45, 2.75) is 32.7 Å². The van der Waals surface area contributed by atoms with E-state index < -0.39 is 12.0 Å². The number of halogens is 1. The van der Waals surface area contributed by atoms with Gasteiger partial charge in [0.1, 0.15) is 11.3 Å².